The maximum atomic E-state index is 12.5. The quantitative estimate of drug-likeness (QED) is 0.727. The van der Waals surface area contributed by atoms with E-state index in [2.05, 4.69) is 15.4 Å². The van der Waals surface area contributed by atoms with Crippen LogP contribution in [0.4, 0.5) is 0 Å². The van der Waals surface area contributed by atoms with Crippen molar-refractivity contribution < 1.29 is 9.53 Å². The molecular weight excluding hydrogens is 246 g/mol. The van der Waals surface area contributed by atoms with Gasteiger partial charge in [0, 0.05) is 13.1 Å². The summed E-state index contributed by atoms with van der Waals surface area (Å²) >= 11 is 0. The molecule has 0 unspecified atom stereocenters. The lowest BCUT2D eigenvalue weighted by molar-refractivity contribution is -0.141. The van der Waals surface area contributed by atoms with Crippen molar-refractivity contribution in [3.63, 3.8) is 0 Å². The van der Waals surface area contributed by atoms with Crippen LogP contribution in [0.1, 0.15) is 18.6 Å². The Morgan fingerprint density at radius 2 is 2.32 bits per heavy atom. The molecule has 0 aliphatic carbocycles. The number of nitrogens with one attached hydrogen (secondary N) is 1. The second kappa shape index (κ2) is 4.90. The van der Waals surface area contributed by atoms with Gasteiger partial charge in [-0.05, 0) is 13.8 Å². The highest BCUT2D eigenvalue weighted by Gasteiger charge is 2.33. The first-order valence-electron chi connectivity index (χ1n) is 6.69. The first-order chi connectivity index (χ1) is 9.15. The van der Waals surface area contributed by atoms with Crippen molar-refractivity contribution in [2.45, 2.75) is 39.1 Å². The van der Waals surface area contributed by atoms with Gasteiger partial charge in [-0.15, -0.1) is 0 Å². The molecule has 0 saturated carbocycles. The standard InChI is InChI=1S/C12H19N5O2/c1-8-11(13-3-6-19-8)12(18)16-4-5-17-10(7-16)14-9(2)15-17/h8,11,13H,3-7H2,1-2H3/t8-,11+/m1/s1. The summed E-state index contributed by atoms with van der Waals surface area (Å²) in [6.07, 6.45) is -0.0808. The fraction of sp³-hybridized carbons (Fsp3) is 0.750. The van der Waals surface area contributed by atoms with Gasteiger partial charge in [0.15, 0.2) is 0 Å². The van der Waals surface area contributed by atoms with E-state index in [1.54, 1.807) is 0 Å². The number of aryl methyl sites for hydroxylation is 1. The number of rotatable bonds is 1. The Labute approximate surface area is 111 Å². The fourth-order valence-electron chi connectivity index (χ4n) is 2.65. The summed E-state index contributed by atoms with van der Waals surface area (Å²) in [6, 6.07) is -0.246. The van der Waals surface area contributed by atoms with Gasteiger partial charge in [0.1, 0.15) is 17.7 Å². The molecule has 1 aromatic heterocycles. The lowest BCUT2D eigenvalue weighted by atomic mass is 10.1. The Morgan fingerprint density at radius 1 is 1.47 bits per heavy atom. The third kappa shape index (κ3) is 2.35. The maximum absolute atomic E-state index is 12.5. The molecule has 7 heteroatoms. The van der Waals surface area contributed by atoms with Crippen LogP contribution in [-0.2, 0) is 22.6 Å². The number of hydrogen-bond donors (Lipinski definition) is 1. The van der Waals surface area contributed by atoms with Gasteiger partial charge in [0.25, 0.3) is 0 Å². The van der Waals surface area contributed by atoms with Crippen molar-refractivity contribution in [3.05, 3.63) is 11.6 Å². The number of fused-ring (bicyclic) bond motifs is 1. The number of hydrogen-bond acceptors (Lipinski definition) is 5. The van der Waals surface area contributed by atoms with Gasteiger partial charge < -0.3 is 15.0 Å². The summed E-state index contributed by atoms with van der Waals surface area (Å²) in [5.74, 6) is 1.72. The minimum Gasteiger partial charge on any atom is -0.375 e. The molecule has 2 aliphatic rings. The first kappa shape index (κ1) is 12.6. The van der Waals surface area contributed by atoms with Gasteiger partial charge in [-0.1, -0.05) is 0 Å². The molecule has 1 N–H and O–H groups in total. The Bertz CT molecular complexity index is 486. The van der Waals surface area contributed by atoms with Crippen LogP contribution in [-0.4, -0.2) is 57.4 Å². The average molecular weight is 265 g/mol. The molecule has 2 aliphatic heterocycles. The van der Waals surface area contributed by atoms with Crippen LogP contribution in [0.15, 0.2) is 0 Å². The highest BCUT2D eigenvalue weighted by atomic mass is 16.5. The van der Waals surface area contributed by atoms with E-state index < -0.39 is 0 Å². The molecule has 1 saturated heterocycles. The first-order valence-corrected chi connectivity index (χ1v) is 6.69. The highest BCUT2D eigenvalue weighted by Crippen LogP contribution is 2.14. The van der Waals surface area contributed by atoms with Crippen molar-refractivity contribution in [2.24, 2.45) is 0 Å². The lowest BCUT2D eigenvalue weighted by Gasteiger charge is -2.35. The van der Waals surface area contributed by atoms with Crippen molar-refractivity contribution in [3.8, 4) is 0 Å². The minimum atomic E-state index is -0.246. The summed E-state index contributed by atoms with van der Waals surface area (Å²) in [5, 5.41) is 7.54. The van der Waals surface area contributed by atoms with Crippen LogP contribution in [0.5, 0.6) is 0 Å². The van der Waals surface area contributed by atoms with E-state index in [1.165, 1.54) is 0 Å². The third-order valence-electron chi connectivity index (χ3n) is 3.66. The Balaban J connectivity index is 1.71. The molecule has 7 nitrogen and oxygen atoms in total. The highest BCUT2D eigenvalue weighted by molar-refractivity contribution is 5.82. The molecule has 0 aromatic carbocycles. The van der Waals surface area contributed by atoms with Crippen molar-refractivity contribution in [1.29, 1.82) is 0 Å². The largest absolute Gasteiger partial charge is 0.375 e. The van der Waals surface area contributed by atoms with Gasteiger partial charge in [0.05, 0.1) is 25.8 Å². The van der Waals surface area contributed by atoms with E-state index in [0.29, 0.717) is 26.2 Å². The number of carbonyl (C=O) groups excluding carboxylic acids is 1. The minimum absolute atomic E-state index is 0.0808. The molecule has 1 amide bonds. The molecule has 104 valence electrons. The van der Waals surface area contributed by atoms with Crippen LogP contribution in [0, 0.1) is 6.92 Å². The van der Waals surface area contributed by atoms with Crippen LogP contribution < -0.4 is 5.32 Å². The van der Waals surface area contributed by atoms with E-state index in [4.69, 9.17) is 4.74 Å². The molecule has 19 heavy (non-hydrogen) atoms. The maximum Gasteiger partial charge on any atom is 0.242 e. The van der Waals surface area contributed by atoms with E-state index in [9.17, 15) is 4.79 Å². The van der Waals surface area contributed by atoms with Crippen LogP contribution in [0.3, 0.4) is 0 Å². The summed E-state index contributed by atoms with van der Waals surface area (Å²) in [6.45, 7) is 7.12. The Hall–Kier alpha value is -1.47. The zero-order valence-corrected chi connectivity index (χ0v) is 11.3. The second-order valence-corrected chi connectivity index (χ2v) is 5.07. The van der Waals surface area contributed by atoms with Crippen LogP contribution in [0.25, 0.3) is 0 Å². The molecule has 1 fully saturated rings. The predicted octanol–water partition coefficient (Wildman–Crippen LogP) is -0.694. The van der Waals surface area contributed by atoms with Crippen LogP contribution in [0.2, 0.25) is 0 Å². The molecule has 2 atom stereocenters. The molecule has 0 bridgehead atoms. The molecule has 0 spiro atoms. The van der Waals surface area contributed by atoms with Gasteiger partial charge in [-0.25, -0.2) is 9.67 Å². The van der Waals surface area contributed by atoms with Gasteiger partial charge in [-0.2, -0.15) is 5.10 Å². The smallest absolute Gasteiger partial charge is 0.242 e. The summed E-state index contributed by atoms with van der Waals surface area (Å²) < 4.78 is 7.42. The van der Waals surface area contributed by atoms with E-state index >= 15 is 0 Å². The molecule has 0 radical (unpaired) electrons. The number of aromatic nitrogens is 3. The second-order valence-electron chi connectivity index (χ2n) is 5.07. The number of ether oxygens (including phenoxy) is 1. The Morgan fingerprint density at radius 3 is 3.11 bits per heavy atom. The molecule has 1 aromatic rings. The normalized spacial score (nSPS) is 27.2. The fourth-order valence-corrected chi connectivity index (χ4v) is 2.65. The summed E-state index contributed by atoms with van der Waals surface area (Å²) in [5.41, 5.74) is 0. The molecular formula is C12H19N5O2. The average Bonchev–Trinajstić information content (AvgIpc) is 2.77. The predicted molar refractivity (Wildman–Crippen MR) is 67.4 cm³/mol. The number of nitrogens with zero attached hydrogens (tertiary/aromatic N) is 4. The van der Waals surface area contributed by atoms with Gasteiger partial charge >= 0.3 is 0 Å². The van der Waals surface area contributed by atoms with Gasteiger partial charge in [0.2, 0.25) is 5.91 Å². The molecule has 3 rings (SSSR count). The number of carbonyl (C=O) groups is 1. The van der Waals surface area contributed by atoms with Crippen LogP contribution >= 0.6 is 0 Å². The number of amides is 1. The van der Waals surface area contributed by atoms with Crippen molar-refractivity contribution >= 4 is 5.91 Å². The Kier molecular flexibility index (Phi) is 3.24. The van der Waals surface area contributed by atoms with E-state index in [-0.39, 0.29) is 18.1 Å². The molecule has 3 heterocycles. The number of morpholine rings is 1. The van der Waals surface area contributed by atoms with Gasteiger partial charge in [-0.3, -0.25) is 4.79 Å². The summed E-state index contributed by atoms with van der Waals surface area (Å²) in [4.78, 5) is 18.7. The lowest BCUT2D eigenvalue weighted by Crippen LogP contribution is -2.57. The third-order valence-corrected chi connectivity index (χ3v) is 3.66. The van der Waals surface area contributed by atoms with Crippen molar-refractivity contribution in [2.75, 3.05) is 19.7 Å². The topological polar surface area (TPSA) is 72.3 Å². The summed E-state index contributed by atoms with van der Waals surface area (Å²) in [7, 11) is 0. The zero-order valence-electron chi connectivity index (χ0n) is 11.3. The zero-order chi connectivity index (χ0) is 13.4. The monoisotopic (exact) mass is 265 g/mol. The van der Waals surface area contributed by atoms with E-state index in [1.807, 2.05) is 23.4 Å². The van der Waals surface area contributed by atoms with E-state index in [0.717, 1.165) is 18.2 Å². The van der Waals surface area contributed by atoms with Crippen molar-refractivity contribution in [1.82, 2.24) is 25.0 Å². The SMILES string of the molecule is Cc1nc2n(n1)CCN(C(=O)[C@H]1NCCO[C@@H]1C)C2.